The van der Waals surface area contributed by atoms with Crippen LogP contribution in [0.5, 0.6) is 0 Å². The molecule has 0 spiro atoms. The molecular weight excluding hydrogens is 214 g/mol. The van der Waals surface area contributed by atoms with Gasteiger partial charge in [0.25, 0.3) is 0 Å². The van der Waals surface area contributed by atoms with Crippen molar-refractivity contribution in [3.05, 3.63) is 24.0 Å². The second-order valence-electron chi connectivity index (χ2n) is 4.92. The van der Waals surface area contributed by atoms with E-state index in [1.165, 1.54) is 19.3 Å². The fourth-order valence-corrected chi connectivity index (χ4v) is 2.98. The Morgan fingerprint density at radius 2 is 2.41 bits per heavy atom. The Morgan fingerprint density at radius 1 is 1.47 bits per heavy atom. The van der Waals surface area contributed by atoms with Crippen LogP contribution in [0.2, 0.25) is 0 Å². The van der Waals surface area contributed by atoms with Crippen molar-refractivity contribution in [2.45, 2.75) is 38.0 Å². The monoisotopic (exact) mass is 233 g/mol. The summed E-state index contributed by atoms with van der Waals surface area (Å²) in [4.78, 5) is 6.87. The molecule has 2 aliphatic rings. The van der Waals surface area contributed by atoms with Gasteiger partial charge in [0, 0.05) is 25.3 Å². The van der Waals surface area contributed by atoms with Gasteiger partial charge in [-0.05, 0) is 31.4 Å². The van der Waals surface area contributed by atoms with Crippen LogP contribution in [-0.2, 0) is 11.3 Å². The van der Waals surface area contributed by atoms with E-state index < -0.39 is 0 Å². The van der Waals surface area contributed by atoms with Gasteiger partial charge in [0.2, 0.25) is 0 Å². The lowest BCUT2D eigenvalue weighted by atomic mass is 10.1. The zero-order valence-electron chi connectivity index (χ0n) is 10.0. The van der Waals surface area contributed by atoms with Crippen LogP contribution in [0.15, 0.2) is 18.3 Å². The fourth-order valence-electron chi connectivity index (χ4n) is 2.98. The number of fused-ring (bicyclic) bond motifs is 1. The molecule has 1 aliphatic carbocycles. The van der Waals surface area contributed by atoms with Gasteiger partial charge in [-0.25, -0.2) is 0 Å². The zero-order valence-corrected chi connectivity index (χ0v) is 10.0. The quantitative estimate of drug-likeness (QED) is 0.839. The van der Waals surface area contributed by atoms with Crippen LogP contribution in [0.1, 0.15) is 25.0 Å². The summed E-state index contributed by atoms with van der Waals surface area (Å²) in [6.45, 7) is 2.70. The third-order valence-electron chi connectivity index (χ3n) is 3.88. The molecule has 0 bridgehead atoms. The normalized spacial score (nSPS) is 29.2. The predicted octanol–water partition coefficient (Wildman–Crippen LogP) is 1.42. The molecule has 1 aromatic heterocycles. The number of nitrogen functional groups attached to an aromatic ring is 1. The van der Waals surface area contributed by atoms with Crippen molar-refractivity contribution in [1.29, 1.82) is 0 Å². The standard InChI is InChI=1S/C13H19N3O/c14-10-3-2-6-15-11(10)9-16-7-8-17-13-5-1-4-12(13)16/h2-3,6,12-13H,1,4-5,7-9,14H2. The summed E-state index contributed by atoms with van der Waals surface area (Å²) in [7, 11) is 0. The van der Waals surface area contributed by atoms with Gasteiger partial charge >= 0.3 is 0 Å². The number of morpholine rings is 1. The highest BCUT2D eigenvalue weighted by Gasteiger charge is 2.36. The minimum atomic E-state index is 0.439. The number of pyridine rings is 1. The maximum Gasteiger partial charge on any atom is 0.0772 e. The molecule has 0 aromatic carbocycles. The van der Waals surface area contributed by atoms with Crippen molar-refractivity contribution in [2.75, 3.05) is 18.9 Å². The van der Waals surface area contributed by atoms with Gasteiger partial charge in [-0.2, -0.15) is 0 Å². The van der Waals surface area contributed by atoms with Gasteiger partial charge in [0.1, 0.15) is 0 Å². The molecule has 4 nitrogen and oxygen atoms in total. The molecule has 4 heteroatoms. The van der Waals surface area contributed by atoms with E-state index in [1.807, 2.05) is 18.3 Å². The van der Waals surface area contributed by atoms with E-state index in [0.717, 1.165) is 31.1 Å². The molecule has 1 saturated heterocycles. The van der Waals surface area contributed by atoms with Crippen molar-refractivity contribution in [2.24, 2.45) is 0 Å². The topological polar surface area (TPSA) is 51.4 Å². The molecule has 1 aliphatic heterocycles. The van der Waals surface area contributed by atoms with Crippen molar-refractivity contribution in [3.8, 4) is 0 Å². The van der Waals surface area contributed by atoms with E-state index >= 15 is 0 Å². The van der Waals surface area contributed by atoms with E-state index in [1.54, 1.807) is 0 Å². The summed E-state index contributed by atoms with van der Waals surface area (Å²) >= 11 is 0. The first-order valence-electron chi connectivity index (χ1n) is 6.39. The van der Waals surface area contributed by atoms with E-state index in [9.17, 15) is 0 Å². The zero-order chi connectivity index (χ0) is 11.7. The number of rotatable bonds is 2. The van der Waals surface area contributed by atoms with Crippen molar-refractivity contribution in [1.82, 2.24) is 9.88 Å². The summed E-state index contributed by atoms with van der Waals surface area (Å²) in [5, 5.41) is 0. The average molecular weight is 233 g/mol. The number of anilines is 1. The molecule has 2 unspecified atom stereocenters. The molecule has 0 radical (unpaired) electrons. The van der Waals surface area contributed by atoms with Gasteiger partial charge < -0.3 is 10.5 Å². The maximum absolute atomic E-state index is 5.95. The summed E-state index contributed by atoms with van der Waals surface area (Å²) < 4.78 is 5.81. The summed E-state index contributed by atoms with van der Waals surface area (Å²) in [6, 6.07) is 4.39. The molecule has 0 amide bonds. The van der Waals surface area contributed by atoms with E-state index in [-0.39, 0.29) is 0 Å². The van der Waals surface area contributed by atoms with Crippen molar-refractivity contribution in [3.63, 3.8) is 0 Å². The minimum Gasteiger partial charge on any atom is -0.397 e. The van der Waals surface area contributed by atoms with Crippen molar-refractivity contribution >= 4 is 5.69 Å². The molecule has 2 N–H and O–H groups in total. The number of hydrogen-bond donors (Lipinski definition) is 1. The van der Waals surface area contributed by atoms with Crippen LogP contribution in [-0.4, -0.2) is 35.2 Å². The second kappa shape index (κ2) is 4.63. The molecular formula is C13H19N3O. The lowest BCUT2D eigenvalue weighted by molar-refractivity contribution is -0.0591. The van der Waals surface area contributed by atoms with Crippen molar-refractivity contribution < 1.29 is 4.74 Å². The summed E-state index contributed by atoms with van der Waals surface area (Å²) in [6.07, 6.45) is 5.99. The predicted molar refractivity (Wildman–Crippen MR) is 66.4 cm³/mol. The smallest absolute Gasteiger partial charge is 0.0772 e. The number of aromatic nitrogens is 1. The van der Waals surface area contributed by atoms with Gasteiger partial charge in [-0.15, -0.1) is 0 Å². The summed E-state index contributed by atoms with van der Waals surface area (Å²) in [5.74, 6) is 0. The van der Waals surface area contributed by atoms with Gasteiger partial charge in [-0.1, -0.05) is 0 Å². The molecule has 1 saturated carbocycles. The Bertz CT molecular complexity index is 396. The SMILES string of the molecule is Nc1cccnc1CN1CCOC2CCCC21. The number of ether oxygens (including phenoxy) is 1. The Kier molecular flexibility index (Phi) is 2.99. The third-order valence-corrected chi connectivity index (χ3v) is 3.88. The van der Waals surface area contributed by atoms with Gasteiger partial charge in [0.15, 0.2) is 0 Å². The van der Waals surface area contributed by atoms with Gasteiger partial charge in [-0.3, -0.25) is 9.88 Å². The van der Waals surface area contributed by atoms with Crippen LogP contribution in [0.25, 0.3) is 0 Å². The highest BCUT2D eigenvalue weighted by atomic mass is 16.5. The lowest BCUT2D eigenvalue weighted by Gasteiger charge is -2.37. The highest BCUT2D eigenvalue weighted by Crippen LogP contribution is 2.30. The molecule has 17 heavy (non-hydrogen) atoms. The highest BCUT2D eigenvalue weighted by molar-refractivity contribution is 5.41. The second-order valence-corrected chi connectivity index (χ2v) is 4.92. The molecule has 2 atom stereocenters. The van der Waals surface area contributed by atoms with E-state index in [4.69, 9.17) is 10.5 Å². The molecule has 3 rings (SSSR count). The largest absolute Gasteiger partial charge is 0.397 e. The van der Waals surface area contributed by atoms with Crippen LogP contribution in [0.4, 0.5) is 5.69 Å². The molecule has 1 aromatic rings. The van der Waals surface area contributed by atoms with E-state index in [0.29, 0.717) is 12.1 Å². The average Bonchev–Trinajstić information content (AvgIpc) is 2.81. The van der Waals surface area contributed by atoms with E-state index in [2.05, 4.69) is 9.88 Å². The first-order valence-corrected chi connectivity index (χ1v) is 6.39. The maximum atomic E-state index is 5.95. The van der Waals surface area contributed by atoms with Crippen LogP contribution in [0, 0.1) is 0 Å². The fraction of sp³-hybridized carbons (Fsp3) is 0.615. The Balaban J connectivity index is 1.74. The summed E-state index contributed by atoms with van der Waals surface area (Å²) in [5.41, 5.74) is 7.75. The molecule has 2 fully saturated rings. The molecule has 92 valence electrons. The Hall–Kier alpha value is -1.13. The Morgan fingerprint density at radius 3 is 3.29 bits per heavy atom. The minimum absolute atomic E-state index is 0.439. The Labute approximate surface area is 102 Å². The van der Waals surface area contributed by atoms with Crippen LogP contribution < -0.4 is 5.73 Å². The third kappa shape index (κ3) is 2.15. The first kappa shape index (κ1) is 11.0. The lowest BCUT2D eigenvalue weighted by Crippen LogP contribution is -2.48. The number of hydrogen-bond acceptors (Lipinski definition) is 4. The number of nitrogens with two attached hydrogens (primary N) is 1. The molecule has 2 heterocycles. The van der Waals surface area contributed by atoms with Gasteiger partial charge in [0.05, 0.1) is 24.1 Å². The van der Waals surface area contributed by atoms with Crippen LogP contribution >= 0.6 is 0 Å². The van der Waals surface area contributed by atoms with Crippen LogP contribution in [0.3, 0.4) is 0 Å². The number of nitrogens with zero attached hydrogens (tertiary/aromatic N) is 2. The first-order chi connectivity index (χ1) is 8.34.